The summed E-state index contributed by atoms with van der Waals surface area (Å²) in [7, 11) is 0. The molecule has 5 heteroatoms. The number of carboxylic acid groups (broad SMARTS) is 1. The van der Waals surface area contributed by atoms with Gasteiger partial charge >= 0.3 is 5.97 Å². The molecule has 0 spiro atoms. The smallest absolute Gasteiger partial charge is 0.320 e. The van der Waals surface area contributed by atoms with E-state index in [2.05, 4.69) is 0 Å². The number of nitrogens with zero attached hydrogens (tertiary/aromatic N) is 1. The monoisotopic (exact) mass is 257 g/mol. The topological polar surface area (TPSA) is 40.5 Å². The van der Waals surface area contributed by atoms with E-state index in [4.69, 9.17) is 16.7 Å². The van der Waals surface area contributed by atoms with Crippen LogP contribution in [0.2, 0.25) is 5.02 Å². The number of benzene rings is 1. The molecule has 1 N–H and O–H groups in total. The van der Waals surface area contributed by atoms with E-state index in [9.17, 15) is 9.18 Å². The largest absolute Gasteiger partial charge is 0.480 e. The number of hydrogen-bond donors (Lipinski definition) is 1. The van der Waals surface area contributed by atoms with Gasteiger partial charge in [-0.15, -0.1) is 0 Å². The fourth-order valence-electron chi connectivity index (χ4n) is 2.18. The minimum absolute atomic E-state index is 0.252. The molecule has 0 bridgehead atoms. The van der Waals surface area contributed by atoms with E-state index in [1.54, 1.807) is 17.0 Å². The number of carbonyl (C=O) groups is 1. The molecule has 1 unspecified atom stereocenters. The maximum Gasteiger partial charge on any atom is 0.320 e. The quantitative estimate of drug-likeness (QED) is 0.905. The molecule has 0 amide bonds. The molecule has 1 heterocycles. The Morgan fingerprint density at radius 3 is 3.00 bits per heavy atom. The van der Waals surface area contributed by atoms with Crippen molar-refractivity contribution in [2.45, 2.75) is 25.4 Å². The Morgan fingerprint density at radius 1 is 1.59 bits per heavy atom. The summed E-state index contributed by atoms with van der Waals surface area (Å²) in [6, 6.07) is 3.98. The lowest BCUT2D eigenvalue weighted by Crippen LogP contribution is -2.35. The lowest BCUT2D eigenvalue weighted by atomic mass is 10.1. The van der Waals surface area contributed by atoms with Gasteiger partial charge in [-0.2, -0.15) is 0 Å². The number of carboxylic acids is 1. The Hall–Kier alpha value is -1.13. The van der Waals surface area contributed by atoms with Gasteiger partial charge in [0.1, 0.15) is 11.9 Å². The van der Waals surface area contributed by atoms with Crippen LogP contribution in [0, 0.1) is 5.82 Å². The van der Waals surface area contributed by atoms with E-state index >= 15 is 0 Å². The summed E-state index contributed by atoms with van der Waals surface area (Å²) < 4.78 is 13.6. The zero-order valence-electron chi connectivity index (χ0n) is 9.20. The van der Waals surface area contributed by atoms with Gasteiger partial charge in [0.05, 0.1) is 0 Å². The second kappa shape index (κ2) is 5.02. The molecule has 1 aromatic rings. The average Bonchev–Trinajstić information content (AvgIpc) is 2.72. The third-order valence-corrected chi connectivity index (χ3v) is 3.43. The predicted molar refractivity (Wildman–Crippen MR) is 62.5 cm³/mol. The van der Waals surface area contributed by atoms with Crippen molar-refractivity contribution in [2.75, 3.05) is 6.54 Å². The van der Waals surface area contributed by atoms with Gasteiger partial charge in [-0.3, -0.25) is 9.69 Å². The van der Waals surface area contributed by atoms with E-state index in [0.29, 0.717) is 23.6 Å². The molecule has 2 rings (SSSR count). The van der Waals surface area contributed by atoms with Crippen molar-refractivity contribution in [3.05, 3.63) is 34.6 Å². The third-order valence-electron chi connectivity index (χ3n) is 3.07. The zero-order valence-corrected chi connectivity index (χ0v) is 9.95. The molecule has 3 nitrogen and oxygen atoms in total. The first-order valence-electron chi connectivity index (χ1n) is 5.49. The summed E-state index contributed by atoms with van der Waals surface area (Å²) in [5, 5.41) is 9.38. The number of hydrogen-bond acceptors (Lipinski definition) is 2. The van der Waals surface area contributed by atoms with Gasteiger partial charge in [0.25, 0.3) is 0 Å². The second-order valence-corrected chi connectivity index (χ2v) is 4.57. The lowest BCUT2D eigenvalue weighted by molar-refractivity contribution is -0.142. The molecule has 17 heavy (non-hydrogen) atoms. The summed E-state index contributed by atoms with van der Waals surface area (Å²) in [6.07, 6.45) is 1.43. The maximum atomic E-state index is 13.6. The minimum atomic E-state index is -0.852. The first-order chi connectivity index (χ1) is 8.09. The molecule has 0 aromatic heterocycles. The highest BCUT2D eigenvalue weighted by atomic mass is 35.5. The van der Waals surface area contributed by atoms with Crippen molar-refractivity contribution in [2.24, 2.45) is 0 Å². The van der Waals surface area contributed by atoms with Gasteiger partial charge < -0.3 is 5.11 Å². The first-order valence-corrected chi connectivity index (χ1v) is 5.87. The molecule has 0 aliphatic carbocycles. The van der Waals surface area contributed by atoms with Crippen LogP contribution in [-0.4, -0.2) is 28.6 Å². The van der Waals surface area contributed by atoms with E-state index < -0.39 is 12.0 Å². The van der Waals surface area contributed by atoms with Crippen LogP contribution in [0.15, 0.2) is 18.2 Å². The highest BCUT2D eigenvalue weighted by Crippen LogP contribution is 2.25. The van der Waals surface area contributed by atoms with Crippen molar-refractivity contribution in [1.82, 2.24) is 4.90 Å². The van der Waals surface area contributed by atoms with Gasteiger partial charge in [-0.1, -0.05) is 17.7 Å². The van der Waals surface area contributed by atoms with Crippen LogP contribution in [0.25, 0.3) is 0 Å². The lowest BCUT2D eigenvalue weighted by Gasteiger charge is -2.21. The van der Waals surface area contributed by atoms with Gasteiger partial charge in [0.2, 0.25) is 0 Å². The number of rotatable bonds is 3. The standard InChI is InChI=1S/C12H13ClFNO2/c13-9-3-1-4-10(14)8(9)7-15-6-2-5-11(15)12(16)17/h1,3-4,11H,2,5-7H2,(H,16,17). The van der Waals surface area contributed by atoms with Crippen LogP contribution in [0.3, 0.4) is 0 Å². The summed E-state index contributed by atoms with van der Waals surface area (Å²) in [5.41, 5.74) is 0.377. The fourth-order valence-corrected chi connectivity index (χ4v) is 2.40. The molecule has 92 valence electrons. The maximum absolute atomic E-state index is 13.6. The summed E-state index contributed by atoms with van der Waals surface area (Å²) >= 11 is 5.92. The fraction of sp³-hybridized carbons (Fsp3) is 0.417. The molecule has 1 fully saturated rings. The van der Waals surface area contributed by atoms with Crippen LogP contribution >= 0.6 is 11.6 Å². The number of halogens is 2. The highest BCUT2D eigenvalue weighted by Gasteiger charge is 2.31. The molecule has 0 radical (unpaired) electrons. The molecule has 1 atom stereocenters. The van der Waals surface area contributed by atoms with Crippen LogP contribution < -0.4 is 0 Å². The van der Waals surface area contributed by atoms with Crippen LogP contribution in [0.5, 0.6) is 0 Å². The van der Waals surface area contributed by atoms with Gasteiger partial charge in [0.15, 0.2) is 0 Å². The Morgan fingerprint density at radius 2 is 2.35 bits per heavy atom. The Kier molecular flexibility index (Phi) is 3.64. The van der Waals surface area contributed by atoms with Crippen molar-refractivity contribution in [3.8, 4) is 0 Å². The predicted octanol–water partition coefficient (Wildman–Crippen LogP) is 2.53. The Labute approximate surface area is 104 Å². The third kappa shape index (κ3) is 2.58. The summed E-state index contributed by atoms with van der Waals surface area (Å²) in [4.78, 5) is 12.8. The van der Waals surface area contributed by atoms with Crippen LogP contribution in [-0.2, 0) is 11.3 Å². The van der Waals surface area contributed by atoms with E-state index in [0.717, 1.165) is 6.42 Å². The average molecular weight is 258 g/mol. The van der Waals surface area contributed by atoms with Crippen molar-refractivity contribution in [3.63, 3.8) is 0 Å². The van der Waals surface area contributed by atoms with Crippen molar-refractivity contribution >= 4 is 17.6 Å². The van der Waals surface area contributed by atoms with Crippen molar-refractivity contribution < 1.29 is 14.3 Å². The highest BCUT2D eigenvalue weighted by molar-refractivity contribution is 6.31. The van der Waals surface area contributed by atoms with Gasteiger partial charge in [0, 0.05) is 17.1 Å². The molecular formula is C12H13ClFNO2. The SMILES string of the molecule is O=C(O)C1CCCN1Cc1c(F)cccc1Cl. The molecule has 1 aliphatic heterocycles. The van der Waals surface area contributed by atoms with E-state index in [-0.39, 0.29) is 12.4 Å². The van der Waals surface area contributed by atoms with Gasteiger partial charge in [-0.25, -0.2) is 4.39 Å². The minimum Gasteiger partial charge on any atom is -0.480 e. The van der Waals surface area contributed by atoms with Crippen molar-refractivity contribution in [1.29, 1.82) is 0 Å². The molecule has 1 aliphatic rings. The van der Waals surface area contributed by atoms with E-state index in [1.165, 1.54) is 6.07 Å². The second-order valence-electron chi connectivity index (χ2n) is 4.17. The summed E-state index contributed by atoms with van der Waals surface area (Å²) in [6.45, 7) is 0.921. The molecule has 1 aromatic carbocycles. The number of aliphatic carboxylic acids is 1. The summed E-state index contributed by atoms with van der Waals surface area (Å²) in [5.74, 6) is -1.23. The van der Waals surface area contributed by atoms with Crippen LogP contribution in [0.1, 0.15) is 18.4 Å². The Balaban J connectivity index is 2.18. The Bertz CT molecular complexity index is 418. The molecule has 0 saturated carbocycles. The molecule has 1 saturated heterocycles. The van der Waals surface area contributed by atoms with Gasteiger partial charge in [-0.05, 0) is 31.5 Å². The number of likely N-dealkylation sites (tertiary alicyclic amines) is 1. The first kappa shape index (κ1) is 12.3. The zero-order chi connectivity index (χ0) is 12.4. The normalized spacial score (nSPS) is 20.7. The van der Waals surface area contributed by atoms with Crippen LogP contribution in [0.4, 0.5) is 4.39 Å². The van der Waals surface area contributed by atoms with E-state index in [1.807, 2.05) is 0 Å². The molecular weight excluding hydrogens is 245 g/mol.